The highest BCUT2D eigenvalue weighted by Gasteiger charge is 2.10. The molecule has 0 fully saturated rings. The smallest absolute Gasteiger partial charge is 0.213 e. The Morgan fingerprint density at radius 2 is 2.21 bits per heavy atom. The van der Waals surface area contributed by atoms with Crippen LogP contribution in [0, 0.1) is 0 Å². The Balaban J connectivity index is 2.45. The number of nitrogens with one attached hydrogen (secondary N) is 2. The molecule has 0 atom stereocenters. The molecule has 0 saturated heterocycles. The topological polar surface area (TPSA) is 109 Å². The maximum absolute atomic E-state index is 11.5. The lowest BCUT2D eigenvalue weighted by atomic mass is 10.4. The number of pyridine rings is 1. The van der Waals surface area contributed by atoms with E-state index in [1.807, 2.05) is 0 Å². The SMILES string of the molecule is CC(C)NS(=O)(=O)CCN=C(N)Nc1ccccn1. The second kappa shape index (κ2) is 7.05. The van der Waals surface area contributed by atoms with E-state index in [9.17, 15) is 8.42 Å². The van der Waals surface area contributed by atoms with E-state index in [4.69, 9.17) is 5.73 Å². The number of sulfonamides is 1. The van der Waals surface area contributed by atoms with E-state index in [1.54, 1.807) is 38.2 Å². The van der Waals surface area contributed by atoms with Gasteiger partial charge in [0.1, 0.15) is 5.82 Å². The molecular weight excluding hydrogens is 266 g/mol. The average molecular weight is 285 g/mol. The molecule has 1 rings (SSSR count). The number of aliphatic imine (C=N–C) groups is 1. The molecule has 0 aliphatic rings. The van der Waals surface area contributed by atoms with E-state index in [1.165, 1.54) is 0 Å². The van der Waals surface area contributed by atoms with E-state index in [0.29, 0.717) is 5.82 Å². The third kappa shape index (κ3) is 6.73. The van der Waals surface area contributed by atoms with Gasteiger partial charge in [-0.05, 0) is 26.0 Å². The van der Waals surface area contributed by atoms with Crippen LogP contribution in [0.15, 0.2) is 29.4 Å². The first-order chi connectivity index (χ1) is 8.89. The number of guanidine groups is 1. The molecule has 1 heterocycles. The predicted octanol–water partition coefficient (Wildman–Crippen LogP) is 0.136. The quantitative estimate of drug-likeness (QED) is 0.508. The van der Waals surface area contributed by atoms with E-state index in [0.717, 1.165) is 0 Å². The fraction of sp³-hybridized carbons (Fsp3) is 0.455. The fourth-order valence-corrected chi connectivity index (χ4v) is 2.48. The van der Waals surface area contributed by atoms with E-state index in [-0.39, 0.29) is 24.3 Å². The van der Waals surface area contributed by atoms with Crippen molar-refractivity contribution in [3.63, 3.8) is 0 Å². The second-order valence-electron chi connectivity index (χ2n) is 4.20. The van der Waals surface area contributed by atoms with Gasteiger partial charge in [0, 0.05) is 12.2 Å². The molecule has 0 aliphatic heterocycles. The molecule has 4 N–H and O–H groups in total. The van der Waals surface area contributed by atoms with Crippen LogP contribution in [0.1, 0.15) is 13.8 Å². The summed E-state index contributed by atoms with van der Waals surface area (Å²) in [6.07, 6.45) is 1.62. The van der Waals surface area contributed by atoms with Crippen LogP contribution in [-0.4, -0.2) is 37.7 Å². The second-order valence-corrected chi connectivity index (χ2v) is 6.07. The Kier molecular flexibility index (Phi) is 5.71. The fourth-order valence-electron chi connectivity index (χ4n) is 1.31. The van der Waals surface area contributed by atoms with E-state index >= 15 is 0 Å². The lowest BCUT2D eigenvalue weighted by molar-refractivity contribution is 0.570. The van der Waals surface area contributed by atoms with Gasteiger partial charge < -0.3 is 11.1 Å². The van der Waals surface area contributed by atoms with Crippen molar-refractivity contribution in [1.29, 1.82) is 0 Å². The van der Waals surface area contributed by atoms with Crippen molar-refractivity contribution >= 4 is 21.8 Å². The molecule has 106 valence electrons. The largest absolute Gasteiger partial charge is 0.370 e. The van der Waals surface area contributed by atoms with Crippen molar-refractivity contribution < 1.29 is 8.42 Å². The summed E-state index contributed by atoms with van der Waals surface area (Å²) in [6, 6.07) is 5.19. The highest BCUT2D eigenvalue weighted by molar-refractivity contribution is 7.89. The van der Waals surface area contributed by atoms with E-state index in [2.05, 4.69) is 20.0 Å². The summed E-state index contributed by atoms with van der Waals surface area (Å²) in [6.45, 7) is 3.61. The number of nitrogens with two attached hydrogens (primary N) is 1. The zero-order valence-electron chi connectivity index (χ0n) is 11.0. The van der Waals surface area contributed by atoms with Gasteiger partial charge in [0.25, 0.3) is 0 Å². The van der Waals surface area contributed by atoms with Crippen molar-refractivity contribution in [2.24, 2.45) is 10.7 Å². The maximum atomic E-state index is 11.5. The number of rotatable bonds is 6. The minimum atomic E-state index is -3.31. The summed E-state index contributed by atoms with van der Waals surface area (Å²) in [7, 11) is -3.31. The van der Waals surface area contributed by atoms with Gasteiger partial charge in [0.2, 0.25) is 10.0 Å². The molecule has 0 spiro atoms. The van der Waals surface area contributed by atoms with Crippen LogP contribution in [0.3, 0.4) is 0 Å². The number of aromatic nitrogens is 1. The Hall–Kier alpha value is -1.67. The first-order valence-electron chi connectivity index (χ1n) is 5.87. The Bertz CT molecular complexity index is 513. The third-order valence-electron chi connectivity index (χ3n) is 1.98. The highest BCUT2D eigenvalue weighted by Crippen LogP contribution is 1.98. The first kappa shape index (κ1) is 15.4. The van der Waals surface area contributed by atoms with Crippen molar-refractivity contribution in [1.82, 2.24) is 9.71 Å². The number of hydrogen-bond acceptors (Lipinski definition) is 4. The summed E-state index contributed by atoms with van der Waals surface area (Å²) in [5.41, 5.74) is 5.62. The standard InChI is InChI=1S/C11H19N5O2S/c1-9(2)16-19(17,18)8-7-14-11(12)15-10-5-3-4-6-13-10/h3-6,9,16H,7-8H2,1-2H3,(H3,12,13,14,15). The third-order valence-corrected chi connectivity index (χ3v) is 3.53. The zero-order valence-corrected chi connectivity index (χ0v) is 11.8. The summed E-state index contributed by atoms with van der Waals surface area (Å²) >= 11 is 0. The van der Waals surface area contributed by atoms with Gasteiger partial charge in [-0.15, -0.1) is 0 Å². The zero-order chi connectivity index (χ0) is 14.3. The van der Waals surface area contributed by atoms with Gasteiger partial charge in [-0.25, -0.2) is 18.1 Å². The van der Waals surface area contributed by atoms with Crippen molar-refractivity contribution in [2.75, 3.05) is 17.6 Å². The maximum Gasteiger partial charge on any atom is 0.213 e. The molecule has 0 aliphatic carbocycles. The summed E-state index contributed by atoms with van der Waals surface area (Å²) in [4.78, 5) is 7.95. The molecule has 0 amide bonds. The van der Waals surface area contributed by atoms with Gasteiger partial charge in [-0.2, -0.15) is 0 Å². The molecule has 0 radical (unpaired) electrons. The van der Waals surface area contributed by atoms with Crippen molar-refractivity contribution in [2.45, 2.75) is 19.9 Å². The highest BCUT2D eigenvalue weighted by atomic mass is 32.2. The van der Waals surface area contributed by atoms with Crippen LogP contribution in [0.25, 0.3) is 0 Å². The summed E-state index contributed by atoms with van der Waals surface area (Å²) in [5, 5.41) is 2.77. The molecule has 1 aromatic rings. The Labute approximate surface area is 113 Å². The monoisotopic (exact) mass is 285 g/mol. The van der Waals surface area contributed by atoms with Gasteiger partial charge in [-0.1, -0.05) is 6.07 Å². The molecule has 7 nitrogen and oxygen atoms in total. The van der Waals surface area contributed by atoms with Crippen LogP contribution in [0.2, 0.25) is 0 Å². The summed E-state index contributed by atoms with van der Waals surface area (Å²) < 4.78 is 25.5. The van der Waals surface area contributed by atoms with Gasteiger partial charge in [0.05, 0.1) is 12.3 Å². The van der Waals surface area contributed by atoms with Crippen molar-refractivity contribution in [3.8, 4) is 0 Å². The first-order valence-corrected chi connectivity index (χ1v) is 7.52. The Morgan fingerprint density at radius 1 is 1.47 bits per heavy atom. The lowest BCUT2D eigenvalue weighted by Gasteiger charge is -2.08. The van der Waals surface area contributed by atoms with Gasteiger partial charge in [0.15, 0.2) is 5.96 Å². The minimum absolute atomic E-state index is 0.0910. The van der Waals surface area contributed by atoms with Crippen LogP contribution >= 0.6 is 0 Å². The molecule has 1 aromatic heterocycles. The van der Waals surface area contributed by atoms with Gasteiger partial charge >= 0.3 is 0 Å². The number of nitrogens with zero attached hydrogens (tertiary/aromatic N) is 2. The number of anilines is 1. The molecule has 0 saturated carbocycles. The summed E-state index contributed by atoms with van der Waals surface area (Å²) in [5.74, 6) is 0.598. The molecular formula is C11H19N5O2S. The average Bonchev–Trinajstić information content (AvgIpc) is 2.28. The Morgan fingerprint density at radius 3 is 2.79 bits per heavy atom. The van der Waals surface area contributed by atoms with E-state index < -0.39 is 10.0 Å². The van der Waals surface area contributed by atoms with Crippen LogP contribution in [-0.2, 0) is 10.0 Å². The molecule has 0 unspecified atom stereocenters. The molecule has 0 bridgehead atoms. The molecule has 19 heavy (non-hydrogen) atoms. The van der Waals surface area contributed by atoms with Gasteiger partial charge in [-0.3, -0.25) is 4.99 Å². The van der Waals surface area contributed by atoms with Crippen LogP contribution in [0.5, 0.6) is 0 Å². The molecule has 0 aromatic carbocycles. The molecule has 8 heteroatoms. The predicted molar refractivity (Wildman–Crippen MR) is 76.4 cm³/mol. The number of hydrogen-bond donors (Lipinski definition) is 3. The van der Waals surface area contributed by atoms with Crippen LogP contribution < -0.4 is 15.8 Å². The normalized spacial score (nSPS) is 12.7. The van der Waals surface area contributed by atoms with Crippen molar-refractivity contribution in [3.05, 3.63) is 24.4 Å². The minimum Gasteiger partial charge on any atom is -0.370 e. The van der Waals surface area contributed by atoms with Crippen LogP contribution in [0.4, 0.5) is 5.82 Å². The lowest BCUT2D eigenvalue weighted by Crippen LogP contribution is -2.33.